The Labute approximate surface area is 172 Å². The number of nitrogens with one attached hydrogen (secondary N) is 1. The van der Waals surface area contributed by atoms with Gasteiger partial charge in [-0.2, -0.15) is 4.31 Å². The van der Waals surface area contributed by atoms with Gasteiger partial charge < -0.3 is 14.5 Å². The third kappa shape index (κ3) is 5.19. The predicted octanol–water partition coefficient (Wildman–Crippen LogP) is 2.70. The quantitative estimate of drug-likeness (QED) is 0.481. The molecule has 29 heavy (non-hydrogen) atoms. The lowest BCUT2D eigenvalue weighted by atomic mass is 10.0. The molecule has 0 bridgehead atoms. The Kier molecular flexibility index (Phi) is 7.34. The first kappa shape index (κ1) is 21.8. The summed E-state index contributed by atoms with van der Waals surface area (Å²) in [6.45, 7) is 2.63. The minimum absolute atomic E-state index is 0.163. The molecule has 2 heterocycles. The minimum atomic E-state index is -4.01. The molecule has 1 amide bonds. The summed E-state index contributed by atoms with van der Waals surface area (Å²) in [6, 6.07) is 1.76. The van der Waals surface area contributed by atoms with Crippen LogP contribution in [0, 0.1) is 5.92 Å². The van der Waals surface area contributed by atoms with Crippen molar-refractivity contribution in [2.75, 3.05) is 19.7 Å². The molecular formula is C20H30N2O6S. The highest BCUT2D eigenvalue weighted by Gasteiger charge is 2.41. The van der Waals surface area contributed by atoms with Crippen LogP contribution in [0.2, 0.25) is 0 Å². The van der Waals surface area contributed by atoms with E-state index in [-0.39, 0.29) is 29.9 Å². The molecule has 1 saturated carbocycles. The second-order valence-electron chi connectivity index (χ2n) is 7.70. The zero-order chi connectivity index (χ0) is 20.9. The van der Waals surface area contributed by atoms with Crippen molar-refractivity contribution >= 4 is 21.9 Å². The van der Waals surface area contributed by atoms with Gasteiger partial charge in [-0.05, 0) is 50.7 Å². The summed E-state index contributed by atoms with van der Waals surface area (Å²) in [5.74, 6) is -0.387. The lowest BCUT2D eigenvalue weighted by Gasteiger charge is -2.22. The summed E-state index contributed by atoms with van der Waals surface area (Å²) in [5, 5.41) is 2.55. The van der Waals surface area contributed by atoms with E-state index in [1.165, 1.54) is 42.1 Å². The van der Waals surface area contributed by atoms with Crippen molar-refractivity contribution in [2.45, 2.75) is 69.4 Å². The first-order chi connectivity index (χ1) is 13.9. The third-order valence-electron chi connectivity index (χ3n) is 5.69. The van der Waals surface area contributed by atoms with Crippen LogP contribution in [0.1, 0.15) is 68.8 Å². The van der Waals surface area contributed by atoms with Crippen molar-refractivity contribution in [3.05, 3.63) is 17.9 Å². The summed E-state index contributed by atoms with van der Waals surface area (Å²) in [4.78, 5) is 24.3. The highest BCUT2D eigenvalue weighted by atomic mass is 32.2. The molecule has 1 aliphatic carbocycles. The number of hydrogen-bond donors (Lipinski definition) is 1. The normalized spacial score (nSPS) is 20.8. The molecule has 1 aliphatic heterocycles. The number of nitrogens with zero attached hydrogens (tertiary/aromatic N) is 1. The second-order valence-corrected chi connectivity index (χ2v) is 9.52. The maximum Gasteiger partial charge on any atom is 0.374 e. The van der Waals surface area contributed by atoms with E-state index in [1.54, 1.807) is 6.92 Å². The molecule has 1 unspecified atom stereocenters. The third-order valence-corrected chi connectivity index (χ3v) is 7.47. The topological polar surface area (TPSA) is 106 Å². The lowest BCUT2D eigenvalue weighted by Crippen LogP contribution is -2.46. The number of amides is 1. The first-order valence-corrected chi connectivity index (χ1v) is 11.9. The van der Waals surface area contributed by atoms with Gasteiger partial charge in [0.25, 0.3) is 10.0 Å². The number of esters is 1. The van der Waals surface area contributed by atoms with Crippen LogP contribution in [0.5, 0.6) is 0 Å². The summed E-state index contributed by atoms with van der Waals surface area (Å²) in [7, 11) is -4.01. The molecule has 9 heteroatoms. The van der Waals surface area contributed by atoms with Gasteiger partial charge in [0, 0.05) is 13.1 Å². The molecule has 1 aromatic rings. The van der Waals surface area contributed by atoms with Gasteiger partial charge in [-0.1, -0.05) is 25.7 Å². The van der Waals surface area contributed by atoms with Gasteiger partial charge >= 0.3 is 5.97 Å². The molecule has 3 rings (SSSR count). The Morgan fingerprint density at radius 3 is 2.69 bits per heavy atom. The standard InChI is InChI=1S/C20H30N2O6S/c1-2-27-20(24)17-11-12-18(28-17)29(25,26)22-14-6-10-16(22)19(23)21-13-5-9-15-7-3-4-8-15/h11-12,15-16H,2-10,13-14H2,1H3,(H,21,23). The Morgan fingerprint density at radius 2 is 1.97 bits per heavy atom. The van der Waals surface area contributed by atoms with Gasteiger partial charge in [0.2, 0.25) is 16.8 Å². The fraction of sp³-hybridized carbons (Fsp3) is 0.700. The van der Waals surface area contributed by atoms with Crippen LogP contribution in [0.15, 0.2) is 21.6 Å². The molecule has 8 nitrogen and oxygen atoms in total. The molecule has 162 valence electrons. The zero-order valence-electron chi connectivity index (χ0n) is 16.9. The van der Waals surface area contributed by atoms with Crippen molar-refractivity contribution in [3.63, 3.8) is 0 Å². The Morgan fingerprint density at radius 1 is 1.21 bits per heavy atom. The maximum absolute atomic E-state index is 12.9. The SMILES string of the molecule is CCOC(=O)c1ccc(S(=O)(=O)N2CCCC2C(=O)NCCCC2CCCC2)o1. The molecule has 1 atom stereocenters. The number of furan rings is 1. The predicted molar refractivity (Wildman–Crippen MR) is 106 cm³/mol. The van der Waals surface area contributed by atoms with E-state index in [0.717, 1.165) is 18.8 Å². The Bertz CT molecular complexity index is 813. The minimum Gasteiger partial charge on any atom is -0.460 e. The highest BCUT2D eigenvalue weighted by molar-refractivity contribution is 7.89. The summed E-state index contributed by atoms with van der Waals surface area (Å²) < 4.78 is 37.1. The number of hydrogen-bond acceptors (Lipinski definition) is 6. The fourth-order valence-corrected chi connectivity index (χ4v) is 5.77. The van der Waals surface area contributed by atoms with E-state index in [0.29, 0.717) is 19.4 Å². The van der Waals surface area contributed by atoms with Crippen molar-refractivity contribution in [1.29, 1.82) is 0 Å². The van der Waals surface area contributed by atoms with Crippen molar-refractivity contribution in [2.24, 2.45) is 5.92 Å². The summed E-state index contributed by atoms with van der Waals surface area (Å²) in [5.41, 5.74) is 0. The lowest BCUT2D eigenvalue weighted by molar-refractivity contribution is -0.124. The van der Waals surface area contributed by atoms with E-state index in [4.69, 9.17) is 9.15 Å². The Hall–Kier alpha value is -1.87. The molecule has 1 aromatic heterocycles. The Balaban J connectivity index is 1.58. The zero-order valence-corrected chi connectivity index (χ0v) is 17.7. The van der Waals surface area contributed by atoms with Crippen LogP contribution in [-0.4, -0.2) is 50.3 Å². The second kappa shape index (κ2) is 9.75. The van der Waals surface area contributed by atoms with Crippen molar-refractivity contribution in [3.8, 4) is 0 Å². The summed E-state index contributed by atoms with van der Waals surface area (Å²) in [6.07, 6.45) is 8.25. The fourth-order valence-electron chi connectivity index (χ4n) is 4.20. The van der Waals surface area contributed by atoms with Gasteiger partial charge in [0.15, 0.2) is 0 Å². The first-order valence-electron chi connectivity index (χ1n) is 10.5. The van der Waals surface area contributed by atoms with Crippen LogP contribution >= 0.6 is 0 Å². The van der Waals surface area contributed by atoms with Gasteiger partial charge in [-0.3, -0.25) is 4.79 Å². The molecule has 0 spiro atoms. The largest absolute Gasteiger partial charge is 0.460 e. The smallest absolute Gasteiger partial charge is 0.374 e. The molecule has 0 radical (unpaired) electrons. The van der Waals surface area contributed by atoms with E-state index >= 15 is 0 Å². The number of carbonyl (C=O) groups is 2. The van der Waals surface area contributed by atoms with Crippen LogP contribution in [0.3, 0.4) is 0 Å². The molecule has 2 fully saturated rings. The van der Waals surface area contributed by atoms with Gasteiger partial charge in [-0.25, -0.2) is 13.2 Å². The van der Waals surface area contributed by atoms with Crippen molar-refractivity contribution in [1.82, 2.24) is 9.62 Å². The van der Waals surface area contributed by atoms with Crippen LogP contribution in [0.25, 0.3) is 0 Å². The van der Waals surface area contributed by atoms with Gasteiger partial charge in [-0.15, -0.1) is 0 Å². The monoisotopic (exact) mass is 426 g/mol. The molecule has 1 N–H and O–H groups in total. The van der Waals surface area contributed by atoms with Gasteiger partial charge in [0.1, 0.15) is 6.04 Å². The number of ether oxygens (including phenoxy) is 1. The summed E-state index contributed by atoms with van der Waals surface area (Å²) >= 11 is 0. The number of sulfonamides is 1. The highest BCUT2D eigenvalue weighted by Crippen LogP contribution is 2.29. The average molecular weight is 427 g/mol. The molecule has 2 aliphatic rings. The van der Waals surface area contributed by atoms with E-state index in [2.05, 4.69) is 5.32 Å². The molecule has 1 saturated heterocycles. The number of carbonyl (C=O) groups excluding carboxylic acids is 2. The van der Waals surface area contributed by atoms with Crippen molar-refractivity contribution < 1.29 is 27.2 Å². The molecular weight excluding hydrogens is 396 g/mol. The van der Waals surface area contributed by atoms with E-state index in [1.807, 2.05) is 0 Å². The van der Waals surface area contributed by atoms with Crippen LogP contribution in [-0.2, 0) is 19.6 Å². The van der Waals surface area contributed by atoms with E-state index in [9.17, 15) is 18.0 Å². The van der Waals surface area contributed by atoms with E-state index < -0.39 is 22.0 Å². The maximum atomic E-state index is 12.9. The van der Waals surface area contributed by atoms with Gasteiger partial charge in [0.05, 0.1) is 6.61 Å². The molecule has 0 aromatic carbocycles. The van der Waals surface area contributed by atoms with Crippen LogP contribution < -0.4 is 5.32 Å². The number of rotatable bonds is 9. The van der Waals surface area contributed by atoms with Crippen LogP contribution in [0.4, 0.5) is 0 Å². The average Bonchev–Trinajstić information content (AvgIpc) is 3.46.